The second-order valence-corrected chi connectivity index (χ2v) is 4.70. The normalized spacial score (nSPS) is 21.3. The van der Waals surface area contributed by atoms with Gasteiger partial charge in [-0.1, -0.05) is 29.8 Å². The summed E-state index contributed by atoms with van der Waals surface area (Å²) in [5, 5.41) is 6.13. The van der Waals surface area contributed by atoms with Gasteiger partial charge in [0.2, 0.25) is 0 Å². The molecule has 4 heteroatoms. The summed E-state index contributed by atoms with van der Waals surface area (Å²) in [6.07, 6.45) is -0.369. The fourth-order valence-corrected chi connectivity index (χ4v) is 1.98. The van der Waals surface area contributed by atoms with Crippen molar-refractivity contribution in [1.29, 1.82) is 0 Å². The van der Waals surface area contributed by atoms with Crippen LogP contribution in [0, 0.1) is 6.92 Å². The van der Waals surface area contributed by atoms with Gasteiger partial charge in [0.15, 0.2) is 0 Å². The molecule has 1 saturated heterocycles. The summed E-state index contributed by atoms with van der Waals surface area (Å²) in [4.78, 5) is 12.0. The number of amides is 1. The third kappa shape index (κ3) is 3.31. The third-order valence-electron chi connectivity index (χ3n) is 3.16. The van der Waals surface area contributed by atoms with E-state index in [2.05, 4.69) is 29.7 Å². The van der Waals surface area contributed by atoms with Gasteiger partial charge in [-0.15, -0.1) is 0 Å². The molecule has 1 aromatic rings. The molecule has 1 aliphatic rings. The maximum absolute atomic E-state index is 12.0. The standard InChI is InChI=1S/C14H20N2O2/c1-10-3-5-12(6-4-10)11(2)16-14(17)13-9-15-7-8-18-13/h3-6,11,13,15H,7-9H2,1-2H3,(H,16,17)/t11-,13?/m1/s1. The van der Waals surface area contributed by atoms with Gasteiger partial charge in [0.25, 0.3) is 5.91 Å². The van der Waals surface area contributed by atoms with Gasteiger partial charge in [0.05, 0.1) is 12.6 Å². The average molecular weight is 248 g/mol. The first kappa shape index (κ1) is 13.1. The molecule has 0 radical (unpaired) electrons. The molecule has 1 unspecified atom stereocenters. The number of carbonyl (C=O) groups excluding carboxylic acids is 1. The van der Waals surface area contributed by atoms with Crippen molar-refractivity contribution in [1.82, 2.24) is 10.6 Å². The van der Waals surface area contributed by atoms with Crippen molar-refractivity contribution in [2.45, 2.75) is 26.0 Å². The Hall–Kier alpha value is -1.39. The summed E-state index contributed by atoms with van der Waals surface area (Å²) >= 11 is 0. The summed E-state index contributed by atoms with van der Waals surface area (Å²) in [5.74, 6) is -0.0460. The van der Waals surface area contributed by atoms with Crippen molar-refractivity contribution in [2.75, 3.05) is 19.7 Å². The van der Waals surface area contributed by atoms with Crippen LogP contribution in [0.3, 0.4) is 0 Å². The summed E-state index contributed by atoms with van der Waals surface area (Å²) in [6.45, 7) is 6.04. The Labute approximate surface area is 108 Å². The van der Waals surface area contributed by atoms with Gasteiger partial charge in [-0.25, -0.2) is 0 Å². The average Bonchev–Trinajstić information content (AvgIpc) is 2.40. The van der Waals surface area contributed by atoms with E-state index >= 15 is 0 Å². The number of nitrogens with one attached hydrogen (secondary N) is 2. The highest BCUT2D eigenvalue weighted by Gasteiger charge is 2.23. The van der Waals surface area contributed by atoms with E-state index in [0.717, 1.165) is 12.1 Å². The smallest absolute Gasteiger partial charge is 0.250 e. The van der Waals surface area contributed by atoms with Crippen LogP contribution in [-0.4, -0.2) is 31.7 Å². The summed E-state index contributed by atoms with van der Waals surface area (Å²) in [5.41, 5.74) is 2.33. The molecule has 1 amide bonds. The summed E-state index contributed by atoms with van der Waals surface area (Å²) in [7, 11) is 0. The minimum atomic E-state index is -0.369. The zero-order valence-corrected chi connectivity index (χ0v) is 10.9. The Morgan fingerprint density at radius 1 is 1.44 bits per heavy atom. The topological polar surface area (TPSA) is 50.4 Å². The van der Waals surface area contributed by atoms with Gasteiger partial charge >= 0.3 is 0 Å². The molecule has 0 aromatic heterocycles. The lowest BCUT2D eigenvalue weighted by Crippen LogP contribution is -2.48. The molecule has 1 aliphatic heterocycles. The molecule has 1 aromatic carbocycles. The Bertz CT molecular complexity index is 397. The van der Waals surface area contributed by atoms with Crippen LogP contribution in [0.2, 0.25) is 0 Å². The monoisotopic (exact) mass is 248 g/mol. The lowest BCUT2D eigenvalue weighted by molar-refractivity contribution is -0.134. The molecule has 1 fully saturated rings. The van der Waals surface area contributed by atoms with Crippen molar-refractivity contribution >= 4 is 5.91 Å². The maximum atomic E-state index is 12.0. The van der Waals surface area contributed by atoms with Crippen LogP contribution in [0.4, 0.5) is 0 Å². The van der Waals surface area contributed by atoms with Crippen molar-refractivity contribution in [3.05, 3.63) is 35.4 Å². The number of hydrogen-bond acceptors (Lipinski definition) is 3. The Balaban J connectivity index is 1.91. The lowest BCUT2D eigenvalue weighted by atomic mass is 10.1. The van der Waals surface area contributed by atoms with Crippen molar-refractivity contribution in [2.24, 2.45) is 0 Å². The molecule has 0 spiro atoms. The predicted octanol–water partition coefficient (Wildman–Crippen LogP) is 1.16. The molecule has 98 valence electrons. The van der Waals surface area contributed by atoms with Crippen LogP contribution >= 0.6 is 0 Å². The van der Waals surface area contributed by atoms with Gasteiger partial charge in [-0.2, -0.15) is 0 Å². The van der Waals surface area contributed by atoms with E-state index in [4.69, 9.17) is 4.74 Å². The Morgan fingerprint density at radius 2 is 2.17 bits per heavy atom. The van der Waals surface area contributed by atoms with Gasteiger partial charge < -0.3 is 15.4 Å². The molecular formula is C14H20N2O2. The van der Waals surface area contributed by atoms with Gasteiger partial charge in [0, 0.05) is 13.1 Å². The number of hydrogen-bond donors (Lipinski definition) is 2. The maximum Gasteiger partial charge on any atom is 0.250 e. The summed E-state index contributed by atoms with van der Waals surface area (Å²) in [6, 6.07) is 8.19. The largest absolute Gasteiger partial charge is 0.366 e. The molecule has 0 aliphatic carbocycles. The molecule has 2 N–H and O–H groups in total. The summed E-state index contributed by atoms with van der Waals surface area (Å²) < 4.78 is 5.42. The fourth-order valence-electron chi connectivity index (χ4n) is 1.98. The van der Waals surface area contributed by atoms with Crippen LogP contribution in [0.1, 0.15) is 24.1 Å². The van der Waals surface area contributed by atoms with E-state index in [0.29, 0.717) is 13.2 Å². The van der Waals surface area contributed by atoms with Gasteiger partial charge in [0.1, 0.15) is 6.10 Å². The first-order chi connectivity index (χ1) is 8.66. The minimum Gasteiger partial charge on any atom is -0.366 e. The molecule has 18 heavy (non-hydrogen) atoms. The van der Waals surface area contributed by atoms with Crippen LogP contribution in [0.25, 0.3) is 0 Å². The second kappa shape index (κ2) is 5.98. The molecule has 2 rings (SSSR count). The van der Waals surface area contributed by atoms with E-state index in [9.17, 15) is 4.79 Å². The first-order valence-electron chi connectivity index (χ1n) is 6.36. The highest BCUT2D eigenvalue weighted by atomic mass is 16.5. The van der Waals surface area contributed by atoms with Crippen LogP contribution in [0.5, 0.6) is 0 Å². The molecule has 4 nitrogen and oxygen atoms in total. The van der Waals surface area contributed by atoms with Crippen molar-refractivity contribution < 1.29 is 9.53 Å². The van der Waals surface area contributed by atoms with E-state index in [1.54, 1.807) is 0 Å². The molecule has 1 heterocycles. The Kier molecular flexibility index (Phi) is 4.33. The first-order valence-corrected chi connectivity index (χ1v) is 6.36. The predicted molar refractivity (Wildman–Crippen MR) is 70.3 cm³/mol. The highest BCUT2D eigenvalue weighted by molar-refractivity contribution is 5.81. The highest BCUT2D eigenvalue weighted by Crippen LogP contribution is 2.13. The van der Waals surface area contributed by atoms with E-state index < -0.39 is 0 Å². The van der Waals surface area contributed by atoms with Crippen LogP contribution in [-0.2, 0) is 9.53 Å². The number of carbonyl (C=O) groups is 1. The third-order valence-corrected chi connectivity index (χ3v) is 3.16. The second-order valence-electron chi connectivity index (χ2n) is 4.70. The quantitative estimate of drug-likeness (QED) is 0.844. The number of morpholine rings is 1. The molecule has 0 saturated carbocycles. The number of aryl methyl sites for hydroxylation is 1. The lowest BCUT2D eigenvalue weighted by Gasteiger charge is -2.24. The molecule has 2 atom stereocenters. The zero-order valence-electron chi connectivity index (χ0n) is 10.9. The molecule has 0 bridgehead atoms. The SMILES string of the molecule is Cc1ccc([C@@H](C)NC(=O)C2CNCCO2)cc1. The molecular weight excluding hydrogens is 228 g/mol. The van der Waals surface area contributed by atoms with Gasteiger partial charge in [-0.3, -0.25) is 4.79 Å². The van der Waals surface area contributed by atoms with Crippen LogP contribution in [0.15, 0.2) is 24.3 Å². The van der Waals surface area contributed by atoms with Crippen molar-refractivity contribution in [3.8, 4) is 0 Å². The number of benzene rings is 1. The van der Waals surface area contributed by atoms with Gasteiger partial charge in [-0.05, 0) is 19.4 Å². The van der Waals surface area contributed by atoms with Crippen LogP contribution < -0.4 is 10.6 Å². The number of ether oxygens (including phenoxy) is 1. The van der Waals surface area contributed by atoms with E-state index in [1.807, 2.05) is 19.1 Å². The number of rotatable bonds is 3. The van der Waals surface area contributed by atoms with Crippen molar-refractivity contribution in [3.63, 3.8) is 0 Å². The minimum absolute atomic E-state index is 0.00336. The van der Waals surface area contributed by atoms with E-state index in [1.165, 1.54) is 5.56 Å². The Morgan fingerprint density at radius 3 is 2.78 bits per heavy atom. The zero-order chi connectivity index (χ0) is 13.0. The fraction of sp³-hybridized carbons (Fsp3) is 0.500. The van der Waals surface area contributed by atoms with E-state index in [-0.39, 0.29) is 18.1 Å².